The van der Waals surface area contributed by atoms with Gasteiger partial charge in [0.2, 0.25) is 0 Å². The number of ether oxygens (including phenoxy) is 1. The maximum atomic E-state index is 13.2. The van der Waals surface area contributed by atoms with E-state index >= 15 is 0 Å². The summed E-state index contributed by atoms with van der Waals surface area (Å²) in [6.07, 6.45) is -4.33. The maximum absolute atomic E-state index is 13.2. The molecule has 0 unspecified atom stereocenters. The minimum atomic E-state index is -4.89. The van der Waals surface area contributed by atoms with Gasteiger partial charge in [-0.1, -0.05) is 13.0 Å². The van der Waals surface area contributed by atoms with Gasteiger partial charge in [-0.25, -0.2) is 4.39 Å². The van der Waals surface area contributed by atoms with Crippen molar-refractivity contribution in [1.82, 2.24) is 0 Å². The molecule has 0 fully saturated rings. The summed E-state index contributed by atoms with van der Waals surface area (Å²) >= 11 is 0. The third-order valence-corrected chi connectivity index (χ3v) is 2.05. The number of benzene rings is 1. The molecule has 0 spiro atoms. The summed E-state index contributed by atoms with van der Waals surface area (Å²) in [6.45, 7) is 1.79. The molecule has 0 bridgehead atoms. The van der Waals surface area contributed by atoms with E-state index in [4.69, 9.17) is 5.73 Å². The van der Waals surface area contributed by atoms with E-state index in [1.165, 1.54) is 6.07 Å². The summed E-state index contributed by atoms with van der Waals surface area (Å²) in [6, 6.07) is 2.80. The largest absolute Gasteiger partial charge is 0.573 e. The number of halogens is 4. The van der Waals surface area contributed by atoms with Gasteiger partial charge < -0.3 is 10.5 Å². The van der Waals surface area contributed by atoms with E-state index in [0.29, 0.717) is 12.0 Å². The Balaban J connectivity index is 2.92. The molecule has 0 aromatic heterocycles. The van der Waals surface area contributed by atoms with E-state index in [-0.39, 0.29) is 0 Å². The summed E-state index contributed by atoms with van der Waals surface area (Å²) in [7, 11) is 0. The van der Waals surface area contributed by atoms with Crippen molar-refractivity contribution in [1.29, 1.82) is 0 Å². The van der Waals surface area contributed by atoms with Crippen LogP contribution in [0, 0.1) is 5.82 Å². The van der Waals surface area contributed by atoms with Crippen LogP contribution < -0.4 is 10.5 Å². The second-order valence-corrected chi connectivity index (χ2v) is 3.25. The van der Waals surface area contributed by atoms with Crippen LogP contribution in [-0.4, -0.2) is 6.36 Å². The van der Waals surface area contributed by atoms with Crippen molar-refractivity contribution >= 4 is 0 Å². The lowest BCUT2D eigenvalue weighted by Gasteiger charge is -2.13. The lowest BCUT2D eigenvalue weighted by Crippen LogP contribution is -2.18. The molecule has 0 amide bonds. The smallest absolute Gasteiger partial charge is 0.403 e. The molecule has 1 aromatic rings. The zero-order valence-electron chi connectivity index (χ0n) is 8.51. The van der Waals surface area contributed by atoms with Crippen LogP contribution in [0.1, 0.15) is 24.9 Å². The second kappa shape index (κ2) is 4.69. The molecule has 0 radical (unpaired) electrons. The van der Waals surface area contributed by atoms with Crippen LogP contribution in [0.15, 0.2) is 18.2 Å². The van der Waals surface area contributed by atoms with Crippen LogP contribution in [0.3, 0.4) is 0 Å². The third-order valence-electron chi connectivity index (χ3n) is 2.05. The van der Waals surface area contributed by atoms with Crippen molar-refractivity contribution < 1.29 is 22.3 Å². The topological polar surface area (TPSA) is 35.2 Å². The molecule has 2 N–H and O–H groups in total. The highest BCUT2D eigenvalue weighted by Gasteiger charge is 2.32. The zero-order chi connectivity index (χ0) is 12.3. The molecular weight excluding hydrogens is 226 g/mol. The van der Waals surface area contributed by atoms with Crippen LogP contribution in [0.2, 0.25) is 0 Å². The van der Waals surface area contributed by atoms with Crippen molar-refractivity contribution in [2.24, 2.45) is 5.73 Å². The van der Waals surface area contributed by atoms with Crippen LogP contribution >= 0.6 is 0 Å². The summed E-state index contributed by atoms with van der Waals surface area (Å²) in [5.41, 5.74) is 6.05. The van der Waals surface area contributed by atoms with Gasteiger partial charge in [0.15, 0.2) is 11.6 Å². The highest BCUT2D eigenvalue weighted by Crippen LogP contribution is 2.27. The molecule has 0 saturated heterocycles. The summed E-state index contributed by atoms with van der Waals surface area (Å²) in [5, 5.41) is 0. The fourth-order valence-corrected chi connectivity index (χ4v) is 1.19. The highest BCUT2D eigenvalue weighted by atomic mass is 19.4. The van der Waals surface area contributed by atoms with Gasteiger partial charge in [0.1, 0.15) is 0 Å². The number of hydrogen-bond acceptors (Lipinski definition) is 2. The number of nitrogens with two attached hydrogens (primary N) is 1. The van der Waals surface area contributed by atoms with Crippen LogP contribution in [0.25, 0.3) is 0 Å². The first-order chi connectivity index (χ1) is 7.33. The molecule has 0 heterocycles. The van der Waals surface area contributed by atoms with Crippen LogP contribution in [-0.2, 0) is 0 Å². The maximum Gasteiger partial charge on any atom is 0.573 e. The van der Waals surface area contributed by atoms with E-state index < -0.39 is 24.0 Å². The molecule has 0 aliphatic carbocycles. The Morgan fingerprint density at radius 2 is 2.00 bits per heavy atom. The molecule has 90 valence electrons. The third kappa shape index (κ3) is 3.37. The lowest BCUT2D eigenvalue weighted by molar-refractivity contribution is -0.275. The number of alkyl halides is 3. The molecule has 2 nitrogen and oxygen atoms in total. The second-order valence-electron chi connectivity index (χ2n) is 3.25. The van der Waals surface area contributed by atoms with Crippen molar-refractivity contribution in [3.8, 4) is 5.75 Å². The average Bonchev–Trinajstić information content (AvgIpc) is 2.18. The fourth-order valence-electron chi connectivity index (χ4n) is 1.19. The summed E-state index contributed by atoms with van der Waals surface area (Å²) in [5.74, 6) is -1.92. The van der Waals surface area contributed by atoms with Gasteiger partial charge in [-0.05, 0) is 24.1 Å². The van der Waals surface area contributed by atoms with Crippen molar-refractivity contribution in [3.63, 3.8) is 0 Å². The van der Waals surface area contributed by atoms with Gasteiger partial charge in [0.05, 0.1) is 0 Å². The average molecular weight is 237 g/mol. The number of hydrogen-bond donors (Lipinski definition) is 1. The van der Waals surface area contributed by atoms with Crippen molar-refractivity contribution in [3.05, 3.63) is 29.6 Å². The fraction of sp³-hybridized carbons (Fsp3) is 0.400. The van der Waals surface area contributed by atoms with Gasteiger partial charge in [0, 0.05) is 6.04 Å². The SMILES string of the molecule is CC[C@@H](N)c1ccc(OC(F)(F)F)c(F)c1. The predicted molar refractivity (Wildman–Crippen MR) is 50.3 cm³/mol. The van der Waals surface area contributed by atoms with Gasteiger partial charge in [-0.2, -0.15) is 0 Å². The van der Waals surface area contributed by atoms with Gasteiger partial charge in [-0.15, -0.1) is 13.2 Å². The standard InChI is InChI=1S/C10H11F4NO/c1-2-8(15)6-3-4-9(7(11)5-6)16-10(12,13)14/h3-5,8H,2,15H2,1H3/t8-/m1/s1. The van der Waals surface area contributed by atoms with Gasteiger partial charge in [-0.3, -0.25) is 0 Å². The van der Waals surface area contributed by atoms with Gasteiger partial charge in [0.25, 0.3) is 0 Å². The first kappa shape index (κ1) is 12.8. The monoisotopic (exact) mass is 237 g/mol. The van der Waals surface area contributed by atoms with E-state index in [1.54, 1.807) is 6.92 Å². The van der Waals surface area contributed by atoms with Crippen LogP contribution in [0.5, 0.6) is 5.75 Å². The molecule has 6 heteroatoms. The predicted octanol–water partition coefficient (Wildman–Crippen LogP) is 3.13. The number of rotatable bonds is 3. The molecule has 1 atom stereocenters. The quantitative estimate of drug-likeness (QED) is 0.819. The molecular formula is C10H11F4NO. The Morgan fingerprint density at radius 1 is 1.38 bits per heavy atom. The Morgan fingerprint density at radius 3 is 2.44 bits per heavy atom. The van der Waals surface area contributed by atoms with E-state index in [0.717, 1.165) is 12.1 Å². The molecule has 16 heavy (non-hydrogen) atoms. The van der Waals surface area contributed by atoms with Crippen LogP contribution in [0.4, 0.5) is 17.6 Å². The first-order valence-corrected chi connectivity index (χ1v) is 4.64. The molecule has 0 aliphatic heterocycles. The Kier molecular flexibility index (Phi) is 3.74. The molecule has 1 rings (SSSR count). The zero-order valence-corrected chi connectivity index (χ0v) is 8.51. The van der Waals surface area contributed by atoms with Crippen molar-refractivity contribution in [2.45, 2.75) is 25.7 Å². The van der Waals surface area contributed by atoms with Gasteiger partial charge >= 0.3 is 6.36 Å². The Labute approximate surface area is 90.0 Å². The van der Waals surface area contributed by atoms with E-state index in [2.05, 4.69) is 4.74 Å². The molecule has 1 aromatic carbocycles. The van der Waals surface area contributed by atoms with Crippen molar-refractivity contribution in [2.75, 3.05) is 0 Å². The minimum absolute atomic E-state index is 0.394. The molecule has 0 saturated carbocycles. The minimum Gasteiger partial charge on any atom is -0.403 e. The Bertz CT molecular complexity index is 364. The van der Waals surface area contributed by atoms with E-state index in [9.17, 15) is 17.6 Å². The summed E-state index contributed by atoms with van der Waals surface area (Å²) in [4.78, 5) is 0. The Hall–Kier alpha value is -1.30. The highest BCUT2D eigenvalue weighted by molar-refractivity contribution is 5.31. The normalized spacial score (nSPS) is 13.6. The first-order valence-electron chi connectivity index (χ1n) is 4.64. The lowest BCUT2D eigenvalue weighted by atomic mass is 10.1. The summed E-state index contributed by atoms with van der Waals surface area (Å²) < 4.78 is 52.2. The molecule has 0 aliphatic rings. The van der Waals surface area contributed by atoms with E-state index in [1.807, 2.05) is 0 Å².